The number of carbonyl (C=O) groups excluding carboxylic acids is 2. The smallest absolute Gasteiger partial charge is 0.410 e. The highest BCUT2D eigenvalue weighted by molar-refractivity contribution is 7.84. The van der Waals surface area contributed by atoms with Gasteiger partial charge in [-0.2, -0.15) is 0 Å². The average molecular weight is 717 g/mol. The van der Waals surface area contributed by atoms with E-state index >= 15 is 0 Å². The van der Waals surface area contributed by atoms with Crippen molar-refractivity contribution in [3.63, 3.8) is 0 Å². The number of nitrogens with zero attached hydrogens (tertiary/aromatic N) is 2. The van der Waals surface area contributed by atoms with Crippen LogP contribution in [-0.2, 0) is 22.1 Å². The lowest BCUT2D eigenvalue weighted by Gasteiger charge is -2.40. The van der Waals surface area contributed by atoms with Gasteiger partial charge in [0, 0.05) is 53.2 Å². The molecule has 48 heavy (non-hydrogen) atoms. The molecule has 3 aromatic carbocycles. The summed E-state index contributed by atoms with van der Waals surface area (Å²) in [4.78, 5) is 31.3. The molecule has 5 rings (SSSR count). The van der Waals surface area contributed by atoms with Crippen molar-refractivity contribution in [3.8, 4) is 16.9 Å². The molecule has 1 aromatic heterocycles. The molecule has 1 fully saturated rings. The number of carbonyl (C=O) groups is 2. The number of ether oxygens (including phenoxy) is 2. The van der Waals surface area contributed by atoms with Gasteiger partial charge in [-0.05, 0) is 94.0 Å². The third-order valence-electron chi connectivity index (χ3n) is 8.61. The molecule has 4 aromatic rings. The second-order valence-electron chi connectivity index (χ2n) is 13.0. The van der Waals surface area contributed by atoms with Gasteiger partial charge in [-0.15, -0.1) is 11.3 Å². The van der Waals surface area contributed by atoms with Crippen molar-refractivity contribution in [3.05, 3.63) is 81.7 Å². The number of rotatable bonds is 8. The van der Waals surface area contributed by atoms with E-state index in [2.05, 4.69) is 0 Å². The second-order valence-corrected chi connectivity index (χ2v) is 15.7. The third-order valence-corrected chi connectivity index (χ3v) is 11.2. The fraction of sp³-hybridized carbons (Fsp3) is 0.389. The number of thiophene rings is 1. The molecule has 0 aliphatic heterocycles. The Kier molecular flexibility index (Phi) is 10.8. The maximum Gasteiger partial charge on any atom is 0.410 e. The van der Waals surface area contributed by atoms with E-state index in [4.69, 9.17) is 21.1 Å². The Balaban J connectivity index is 1.49. The summed E-state index contributed by atoms with van der Waals surface area (Å²) in [6.07, 6.45) is 3.62. The summed E-state index contributed by atoms with van der Waals surface area (Å²) in [6.45, 7) is 5.60. The van der Waals surface area contributed by atoms with Gasteiger partial charge in [-0.3, -0.25) is 9.00 Å². The first-order valence-electron chi connectivity index (χ1n) is 15.6. The molecule has 0 bridgehead atoms. The summed E-state index contributed by atoms with van der Waals surface area (Å²) in [6, 6.07) is 14.8. The number of hydrogen-bond acceptors (Lipinski definition) is 6. The number of fused-ring (bicyclic) bond motifs is 1. The van der Waals surface area contributed by atoms with Gasteiger partial charge < -0.3 is 19.3 Å². The monoisotopic (exact) mass is 716 g/mol. The molecule has 2 amide bonds. The molecule has 1 atom stereocenters. The van der Waals surface area contributed by atoms with E-state index in [1.54, 1.807) is 30.2 Å². The van der Waals surface area contributed by atoms with Crippen LogP contribution in [0, 0.1) is 11.6 Å². The predicted molar refractivity (Wildman–Crippen MR) is 187 cm³/mol. The van der Waals surface area contributed by atoms with Crippen LogP contribution in [-0.4, -0.2) is 64.1 Å². The topological polar surface area (TPSA) is 76.2 Å². The first-order chi connectivity index (χ1) is 22.7. The molecule has 0 saturated heterocycles. The number of amides is 2. The maximum atomic E-state index is 14.8. The molecule has 0 radical (unpaired) electrons. The lowest BCUT2D eigenvalue weighted by atomic mass is 9.89. The molecule has 12 heteroatoms. The zero-order chi connectivity index (χ0) is 34.9. The first-order valence-corrected chi connectivity index (χ1v) is 18.4. The number of benzene rings is 3. The minimum absolute atomic E-state index is 0.0120. The highest BCUT2D eigenvalue weighted by Crippen LogP contribution is 2.41. The quantitative estimate of drug-likeness (QED) is 0.182. The van der Waals surface area contributed by atoms with Crippen molar-refractivity contribution >= 4 is 55.8 Å². The van der Waals surface area contributed by atoms with Gasteiger partial charge in [-0.25, -0.2) is 13.6 Å². The van der Waals surface area contributed by atoms with E-state index in [-0.39, 0.29) is 38.6 Å². The summed E-state index contributed by atoms with van der Waals surface area (Å²) in [7, 11) is 2.17. The summed E-state index contributed by atoms with van der Waals surface area (Å²) in [5.41, 5.74) is 1.88. The average Bonchev–Trinajstić information content (AvgIpc) is 3.42. The fourth-order valence-electron chi connectivity index (χ4n) is 6.08. The molecule has 1 saturated carbocycles. The lowest BCUT2D eigenvalue weighted by molar-refractivity contribution is 0.0144. The Bertz CT molecular complexity index is 1850. The van der Waals surface area contributed by atoms with E-state index in [1.165, 1.54) is 0 Å². The normalized spacial score (nSPS) is 17.2. The van der Waals surface area contributed by atoms with Crippen molar-refractivity contribution in [2.75, 3.05) is 20.4 Å². The molecule has 1 aliphatic carbocycles. The summed E-state index contributed by atoms with van der Waals surface area (Å²) >= 11 is 7.46. The van der Waals surface area contributed by atoms with Gasteiger partial charge in [0.1, 0.15) is 27.9 Å². The molecule has 256 valence electrons. The zero-order valence-electron chi connectivity index (χ0n) is 27.8. The van der Waals surface area contributed by atoms with Gasteiger partial charge in [0.15, 0.2) is 0 Å². The Morgan fingerprint density at radius 3 is 2.15 bits per heavy atom. The van der Waals surface area contributed by atoms with Crippen molar-refractivity contribution in [2.24, 2.45) is 0 Å². The van der Waals surface area contributed by atoms with Gasteiger partial charge >= 0.3 is 6.09 Å². The first kappa shape index (κ1) is 35.8. The Morgan fingerprint density at radius 2 is 1.56 bits per heavy atom. The minimum Gasteiger partial charge on any atom is -0.496 e. The van der Waals surface area contributed by atoms with E-state index < -0.39 is 40.0 Å². The van der Waals surface area contributed by atoms with E-state index in [0.717, 1.165) is 40.2 Å². The molecule has 1 unspecified atom stereocenters. The summed E-state index contributed by atoms with van der Waals surface area (Å²) in [5.74, 6) is -1.22. The molecular formula is C36H39ClF2N2O5S2. The van der Waals surface area contributed by atoms with Crippen molar-refractivity contribution in [2.45, 2.75) is 75.6 Å². The van der Waals surface area contributed by atoms with Crippen LogP contribution in [0.3, 0.4) is 0 Å². The van der Waals surface area contributed by atoms with Crippen LogP contribution in [0.2, 0.25) is 5.02 Å². The number of methoxy groups -OCH3 is 1. The van der Waals surface area contributed by atoms with E-state index in [1.807, 2.05) is 63.2 Å². The fourth-order valence-corrected chi connectivity index (χ4v) is 8.10. The zero-order valence-corrected chi connectivity index (χ0v) is 30.2. The van der Waals surface area contributed by atoms with Gasteiger partial charge in [0.2, 0.25) is 0 Å². The van der Waals surface area contributed by atoms with Crippen LogP contribution >= 0.6 is 22.9 Å². The third kappa shape index (κ3) is 7.68. The van der Waals surface area contributed by atoms with Crippen LogP contribution in [0.4, 0.5) is 13.6 Å². The lowest BCUT2D eigenvalue weighted by Crippen LogP contribution is -2.47. The number of hydrogen-bond donors (Lipinski definition) is 0. The highest BCUT2D eigenvalue weighted by Gasteiger charge is 2.35. The highest BCUT2D eigenvalue weighted by atomic mass is 35.5. The molecule has 1 aliphatic rings. The van der Waals surface area contributed by atoms with Crippen LogP contribution in [0.1, 0.15) is 61.7 Å². The predicted octanol–water partition coefficient (Wildman–Crippen LogP) is 9.07. The van der Waals surface area contributed by atoms with Crippen LogP contribution in [0.5, 0.6) is 5.75 Å². The second kappa shape index (κ2) is 14.5. The van der Waals surface area contributed by atoms with Crippen molar-refractivity contribution in [1.29, 1.82) is 0 Å². The van der Waals surface area contributed by atoms with Gasteiger partial charge in [0.25, 0.3) is 5.91 Å². The van der Waals surface area contributed by atoms with E-state index in [9.17, 15) is 22.6 Å². The largest absolute Gasteiger partial charge is 0.496 e. The summed E-state index contributed by atoms with van der Waals surface area (Å²) in [5, 5.41) is -0.224. The SMILES string of the molecule is COc1ccc(-c2ccc(S(C)=O)cc2)cc1CN(C(=O)c1sc2c(F)ccc(F)c2c1Cl)C1CCC(N(C)C(=O)OC(C)(C)C)CC1. The molecule has 0 N–H and O–H groups in total. The molecule has 7 nitrogen and oxygen atoms in total. The van der Waals surface area contributed by atoms with Gasteiger partial charge in [0.05, 0.1) is 22.2 Å². The summed E-state index contributed by atoms with van der Waals surface area (Å²) < 4.78 is 52.8. The van der Waals surface area contributed by atoms with Crippen LogP contribution in [0.25, 0.3) is 21.2 Å². The van der Waals surface area contributed by atoms with Crippen molar-refractivity contribution < 1.29 is 32.1 Å². The maximum absolute atomic E-state index is 14.8. The Labute approximate surface area is 291 Å². The molecular weight excluding hydrogens is 678 g/mol. The van der Waals surface area contributed by atoms with Crippen LogP contribution < -0.4 is 4.74 Å². The van der Waals surface area contributed by atoms with Crippen LogP contribution in [0.15, 0.2) is 59.5 Å². The Morgan fingerprint density at radius 1 is 0.958 bits per heavy atom. The van der Waals surface area contributed by atoms with Crippen molar-refractivity contribution in [1.82, 2.24) is 9.80 Å². The minimum atomic E-state index is -1.11. The molecule has 0 spiro atoms. The standard InChI is InChI=1S/C36H39ClF2N2O5S2/c1-36(2,3)46-35(43)40(4)24-10-12-25(13-11-24)41(34(42)33-31(37)30-27(38)16-17-28(39)32(30)47-33)20-23-19-22(9-18-29(23)45-5)21-7-14-26(15-8-21)48(6)44/h7-9,14-19,24-25H,10-13,20H2,1-6H3. The molecule has 1 heterocycles. The van der Waals surface area contributed by atoms with Gasteiger partial charge in [-0.1, -0.05) is 29.8 Å². The van der Waals surface area contributed by atoms with E-state index in [0.29, 0.717) is 36.3 Å². The number of halogens is 3. The Hall–Kier alpha value is -3.54.